The van der Waals surface area contributed by atoms with Gasteiger partial charge in [0, 0.05) is 6.54 Å². The zero-order chi connectivity index (χ0) is 24.9. The maximum Gasteiger partial charge on any atom is 0.306 e. The van der Waals surface area contributed by atoms with Crippen LogP contribution in [-0.4, -0.2) is 35.6 Å². The number of rotatable bonds is 10. The standard InChI is InChI=1S/C26H41NO2.C6H6/c1-20(2)17-25(26(28)29)24-12-11-23(18-24)19-27-15-13-22(14-16-27)10-6-9-21-7-4-3-5-8-21;1-2-4-6-5-3-1/h3-5,7-8,20,22-25H,6,9-19H2,1-2H3,(H,28,29);1-6H. The Kier molecular flexibility index (Phi) is 11.8. The van der Waals surface area contributed by atoms with E-state index in [1.165, 1.54) is 63.7 Å². The molecule has 0 aromatic heterocycles. The zero-order valence-corrected chi connectivity index (χ0v) is 22.0. The Balaban J connectivity index is 0.000000497. The number of likely N-dealkylation sites (tertiary alicyclic amines) is 1. The molecule has 2 aliphatic rings. The van der Waals surface area contributed by atoms with Crippen LogP contribution in [-0.2, 0) is 11.2 Å². The van der Waals surface area contributed by atoms with E-state index in [4.69, 9.17) is 0 Å². The first-order valence-electron chi connectivity index (χ1n) is 14.0. The second-order valence-electron chi connectivity index (χ2n) is 11.3. The SMILES string of the molecule is CC(C)CC(C(=O)O)C1CCC(CN2CCC(CCCc3ccccc3)CC2)C1.c1ccccc1. The Morgan fingerprint density at radius 2 is 1.49 bits per heavy atom. The first kappa shape index (κ1) is 27.5. The molecule has 2 fully saturated rings. The summed E-state index contributed by atoms with van der Waals surface area (Å²) in [5, 5.41) is 9.65. The first-order chi connectivity index (χ1) is 17.0. The summed E-state index contributed by atoms with van der Waals surface area (Å²) in [5.74, 6) is 1.78. The van der Waals surface area contributed by atoms with Crippen molar-refractivity contribution in [2.24, 2.45) is 29.6 Å². The molecule has 0 amide bonds. The van der Waals surface area contributed by atoms with Gasteiger partial charge in [0.2, 0.25) is 0 Å². The van der Waals surface area contributed by atoms with Crippen molar-refractivity contribution in [3.8, 4) is 0 Å². The Hall–Kier alpha value is -2.13. The minimum Gasteiger partial charge on any atom is -0.481 e. The lowest BCUT2D eigenvalue weighted by atomic mass is 9.84. The van der Waals surface area contributed by atoms with E-state index in [1.807, 2.05) is 36.4 Å². The molecule has 0 bridgehead atoms. The number of aryl methyl sites for hydroxylation is 1. The highest BCUT2D eigenvalue weighted by Gasteiger charge is 2.36. The van der Waals surface area contributed by atoms with E-state index in [0.29, 0.717) is 17.8 Å². The summed E-state index contributed by atoms with van der Waals surface area (Å²) in [4.78, 5) is 14.4. The van der Waals surface area contributed by atoms with Crippen molar-refractivity contribution in [3.63, 3.8) is 0 Å². The average molecular weight is 478 g/mol. The smallest absolute Gasteiger partial charge is 0.306 e. The van der Waals surface area contributed by atoms with E-state index in [2.05, 4.69) is 49.1 Å². The highest BCUT2D eigenvalue weighted by atomic mass is 16.4. The molecule has 3 heteroatoms. The predicted molar refractivity (Wildman–Crippen MR) is 146 cm³/mol. The van der Waals surface area contributed by atoms with Crippen molar-refractivity contribution < 1.29 is 9.90 Å². The van der Waals surface area contributed by atoms with Crippen LogP contribution in [0.5, 0.6) is 0 Å². The zero-order valence-electron chi connectivity index (χ0n) is 22.0. The van der Waals surface area contributed by atoms with E-state index in [1.54, 1.807) is 0 Å². The number of aliphatic carboxylic acids is 1. The molecule has 3 nitrogen and oxygen atoms in total. The quantitative estimate of drug-likeness (QED) is 0.383. The molecule has 35 heavy (non-hydrogen) atoms. The molecule has 192 valence electrons. The number of carboxylic acid groups (broad SMARTS) is 1. The van der Waals surface area contributed by atoms with Gasteiger partial charge in [-0.3, -0.25) is 4.79 Å². The van der Waals surface area contributed by atoms with Crippen LogP contribution in [0.3, 0.4) is 0 Å². The Bertz CT molecular complexity index is 787. The number of piperidine rings is 1. The van der Waals surface area contributed by atoms with Crippen LogP contribution in [0, 0.1) is 29.6 Å². The normalized spacial score (nSPS) is 21.9. The van der Waals surface area contributed by atoms with Gasteiger partial charge in [0.15, 0.2) is 0 Å². The number of carbonyl (C=O) groups is 1. The third-order valence-corrected chi connectivity index (χ3v) is 8.00. The van der Waals surface area contributed by atoms with Gasteiger partial charge in [-0.05, 0) is 93.7 Å². The fourth-order valence-corrected chi connectivity index (χ4v) is 6.09. The number of nitrogens with zero attached hydrogens (tertiary/aromatic N) is 1. The lowest BCUT2D eigenvalue weighted by molar-refractivity contribution is -0.144. The van der Waals surface area contributed by atoms with Gasteiger partial charge in [-0.15, -0.1) is 0 Å². The lowest BCUT2D eigenvalue weighted by Gasteiger charge is -2.33. The van der Waals surface area contributed by atoms with Crippen LogP contribution in [0.25, 0.3) is 0 Å². The lowest BCUT2D eigenvalue weighted by Crippen LogP contribution is -2.37. The number of carboxylic acids is 1. The molecule has 1 saturated heterocycles. The van der Waals surface area contributed by atoms with E-state index >= 15 is 0 Å². The third-order valence-electron chi connectivity index (χ3n) is 8.00. The molecule has 1 aliphatic heterocycles. The summed E-state index contributed by atoms with van der Waals surface area (Å²) in [5.41, 5.74) is 1.47. The highest BCUT2D eigenvalue weighted by molar-refractivity contribution is 5.70. The predicted octanol–water partition coefficient (Wildman–Crippen LogP) is 7.57. The van der Waals surface area contributed by atoms with Gasteiger partial charge in [-0.2, -0.15) is 0 Å². The van der Waals surface area contributed by atoms with Gasteiger partial charge < -0.3 is 10.0 Å². The molecule has 0 spiro atoms. The van der Waals surface area contributed by atoms with Crippen molar-refractivity contribution >= 4 is 5.97 Å². The molecule has 2 aromatic rings. The van der Waals surface area contributed by atoms with Gasteiger partial charge in [0.1, 0.15) is 0 Å². The number of benzene rings is 2. The maximum absolute atomic E-state index is 11.7. The van der Waals surface area contributed by atoms with Crippen LogP contribution < -0.4 is 0 Å². The minimum atomic E-state index is -0.569. The average Bonchev–Trinajstić information content (AvgIpc) is 3.33. The van der Waals surface area contributed by atoms with Crippen LogP contribution in [0.1, 0.15) is 70.8 Å². The fraction of sp³-hybridized carbons (Fsp3) is 0.594. The number of hydrogen-bond donors (Lipinski definition) is 1. The molecule has 3 unspecified atom stereocenters. The molecule has 3 atom stereocenters. The molecular formula is C32H47NO2. The van der Waals surface area contributed by atoms with Crippen molar-refractivity contribution in [2.45, 2.75) is 71.6 Å². The molecule has 1 saturated carbocycles. The van der Waals surface area contributed by atoms with E-state index in [0.717, 1.165) is 25.2 Å². The topological polar surface area (TPSA) is 40.5 Å². The Morgan fingerprint density at radius 3 is 2.06 bits per heavy atom. The second-order valence-corrected chi connectivity index (χ2v) is 11.3. The Labute approximate surface area is 213 Å². The summed E-state index contributed by atoms with van der Waals surface area (Å²) < 4.78 is 0. The van der Waals surface area contributed by atoms with Gasteiger partial charge >= 0.3 is 5.97 Å². The van der Waals surface area contributed by atoms with E-state index in [-0.39, 0.29) is 5.92 Å². The molecule has 2 aromatic carbocycles. The third kappa shape index (κ3) is 10.2. The van der Waals surface area contributed by atoms with Crippen LogP contribution in [0.15, 0.2) is 66.7 Å². The molecular weight excluding hydrogens is 430 g/mol. The van der Waals surface area contributed by atoms with Crippen LogP contribution in [0.4, 0.5) is 0 Å². The largest absolute Gasteiger partial charge is 0.481 e. The second kappa shape index (κ2) is 15.1. The number of hydrogen-bond acceptors (Lipinski definition) is 2. The van der Waals surface area contributed by atoms with Gasteiger partial charge in [0.25, 0.3) is 0 Å². The van der Waals surface area contributed by atoms with Crippen molar-refractivity contribution in [1.82, 2.24) is 4.90 Å². The van der Waals surface area contributed by atoms with Gasteiger partial charge in [-0.25, -0.2) is 0 Å². The van der Waals surface area contributed by atoms with Crippen molar-refractivity contribution in [2.75, 3.05) is 19.6 Å². The van der Waals surface area contributed by atoms with Crippen molar-refractivity contribution in [3.05, 3.63) is 72.3 Å². The maximum atomic E-state index is 11.7. The summed E-state index contributed by atoms with van der Waals surface area (Å²) in [7, 11) is 0. The molecule has 1 aliphatic carbocycles. The summed E-state index contributed by atoms with van der Waals surface area (Å²) in [6, 6.07) is 22.9. The summed E-state index contributed by atoms with van der Waals surface area (Å²) in [6.07, 6.45) is 10.9. The van der Waals surface area contributed by atoms with Crippen LogP contribution in [0.2, 0.25) is 0 Å². The highest BCUT2D eigenvalue weighted by Crippen LogP contribution is 2.39. The first-order valence-corrected chi connectivity index (χ1v) is 14.0. The minimum absolute atomic E-state index is 0.129. The molecule has 0 radical (unpaired) electrons. The monoisotopic (exact) mass is 477 g/mol. The molecule has 1 N–H and O–H groups in total. The molecule has 1 heterocycles. The Morgan fingerprint density at radius 1 is 0.886 bits per heavy atom. The van der Waals surface area contributed by atoms with Gasteiger partial charge in [-0.1, -0.05) is 87.0 Å². The van der Waals surface area contributed by atoms with Crippen LogP contribution >= 0.6 is 0 Å². The molecule has 4 rings (SSSR count). The van der Waals surface area contributed by atoms with E-state index < -0.39 is 5.97 Å². The van der Waals surface area contributed by atoms with Crippen molar-refractivity contribution in [1.29, 1.82) is 0 Å². The summed E-state index contributed by atoms with van der Waals surface area (Å²) >= 11 is 0. The van der Waals surface area contributed by atoms with E-state index in [9.17, 15) is 9.90 Å². The van der Waals surface area contributed by atoms with Gasteiger partial charge in [0.05, 0.1) is 5.92 Å². The summed E-state index contributed by atoms with van der Waals surface area (Å²) in [6.45, 7) is 7.97. The fourth-order valence-electron chi connectivity index (χ4n) is 6.09.